The predicted molar refractivity (Wildman–Crippen MR) is 102 cm³/mol. The number of amides is 1. The van der Waals surface area contributed by atoms with Gasteiger partial charge in [0, 0.05) is 21.7 Å². The number of hydrogen-bond donors (Lipinski definition) is 2. The maximum Gasteiger partial charge on any atom is 0.407 e. The van der Waals surface area contributed by atoms with Gasteiger partial charge in [0.25, 0.3) is 0 Å². The van der Waals surface area contributed by atoms with Gasteiger partial charge in [-0.1, -0.05) is 0 Å². The summed E-state index contributed by atoms with van der Waals surface area (Å²) in [4.78, 5) is 24.6. The lowest BCUT2D eigenvalue weighted by atomic mass is 10.8. The molecule has 136 valence electrons. The summed E-state index contributed by atoms with van der Waals surface area (Å²) in [5.41, 5.74) is 0. The van der Waals surface area contributed by atoms with Gasteiger partial charge in [-0.25, -0.2) is 9.79 Å². The maximum atomic E-state index is 11.3. The van der Waals surface area contributed by atoms with E-state index in [1.807, 2.05) is 6.92 Å². The zero-order chi connectivity index (χ0) is 17.0. The Kier molecular flexibility index (Phi) is 20.2. The Morgan fingerprint density at radius 3 is 2.83 bits per heavy atom. The van der Waals surface area contributed by atoms with Crippen LogP contribution in [-0.2, 0) is 14.5 Å². The fraction of sp³-hybridized carbons (Fsp3) is 0.833. The number of carbonyl (C=O) groups is 1. The highest BCUT2D eigenvalue weighted by Crippen LogP contribution is 2.16. The van der Waals surface area contributed by atoms with Gasteiger partial charge >= 0.3 is 6.09 Å². The molecule has 0 heterocycles. The molecule has 0 unspecified atom stereocenters. The highest BCUT2D eigenvalue weighted by Gasteiger charge is 2.00. The van der Waals surface area contributed by atoms with E-state index in [9.17, 15) is 4.79 Å². The molecule has 0 saturated heterocycles. The number of ether oxygens (including phenoxy) is 1. The van der Waals surface area contributed by atoms with Crippen LogP contribution in [0.4, 0.5) is 4.79 Å². The van der Waals surface area contributed by atoms with Crippen molar-refractivity contribution in [3.8, 4) is 0 Å². The van der Waals surface area contributed by atoms with Crippen molar-refractivity contribution < 1.29 is 24.4 Å². The molecule has 0 saturated carbocycles. The average Bonchev–Trinajstić information content (AvgIpc) is 2.55. The van der Waals surface area contributed by atoms with Crippen molar-refractivity contribution in [2.75, 3.05) is 53.2 Å². The van der Waals surface area contributed by atoms with Gasteiger partial charge in [-0.05, 0) is 6.92 Å². The summed E-state index contributed by atoms with van der Waals surface area (Å²) in [6.07, 6.45) is 0.901. The molecule has 0 spiro atoms. The van der Waals surface area contributed by atoms with Crippen LogP contribution in [0.1, 0.15) is 6.92 Å². The largest absolute Gasteiger partial charge is 0.449 e. The average molecular weight is 405 g/mol. The molecule has 11 heteroatoms. The molecule has 0 rings (SSSR count). The van der Waals surface area contributed by atoms with Crippen molar-refractivity contribution in [1.29, 1.82) is 0 Å². The summed E-state index contributed by atoms with van der Waals surface area (Å²) in [5, 5.41) is 13.1. The molecule has 23 heavy (non-hydrogen) atoms. The Hall–Kier alpha value is 0.0600. The normalized spacial score (nSPS) is 10.9. The minimum atomic E-state index is -0.398. The summed E-state index contributed by atoms with van der Waals surface area (Å²) >= 11 is 6.61. The molecule has 2 N–H and O–H groups in total. The third-order valence-electron chi connectivity index (χ3n) is 1.82. The molecule has 0 bridgehead atoms. The van der Waals surface area contributed by atoms with Gasteiger partial charge in [0.15, 0.2) is 0 Å². The van der Waals surface area contributed by atoms with E-state index in [0.29, 0.717) is 36.5 Å². The molecule has 0 aliphatic rings. The number of aliphatic hydroxyl groups excluding tert-OH is 1. The second-order valence-electron chi connectivity index (χ2n) is 3.56. The standard InChI is InChI=1S/C12H24N2O5S4/c1-2-18-19-7-13-8-21-10-23-11-22-9-14-12(16)17-4-6-20-5-3-15/h7,15H,2-6,8-11H2,1H3,(H,14,16)/b13-7+. The van der Waals surface area contributed by atoms with E-state index in [4.69, 9.17) is 9.84 Å². The Morgan fingerprint density at radius 2 is 2.04 bits per heavy atom. The Labute approximate surface area is 154 Å². The Bertz CT molecular complexity index is 301. The molecular weight excluding hydrogens is 380 g/mol. The molecule has 0 aromatic rings. The van der Waals surface area contributed by atoms with Crippen molar-refractivity contribution in [1.82, 2.24) is 5.32 Å². The number of nitrogens with zero attached hydrogens (tertiary/aromatic N) is 1. The van der Waals surface area contributed by atoms with Crippen LogP contribution in [0.25, 0.3) is 0 Å². The molecule has 0 atom stereocenters. The third-order valence-corrected chi connectivity index (χ3v) is 6.09. The zero-order valence-corrected chi connectivity index (χ0v) is 16.4. The van der Waals surface area contributed by atoms with Gasteiger partial charge in [0.05, 0.1) is 25.0 Å². The van der Waals surface area contributed by atoms with Crippen molar-refractivity contribution in [3.05, 3.63) is 0 Å². The summed E-state index contributed by atoms with van der Waals surface area (Å²) in [5.74, 6) is 2.53. The number of nitrogens with one attached hydrogen (secondary N) is 1. The van der Waals surface area contributed by atoms with Crippen LogP contribution < -0.4 is 5.32 Å². The minimum absolute atomic E-state index is 0.150. The third kappa shape index (κ3) is 20.0. The first-order valence-corrected chi connectivity index (χ1v) is 11.5. The van der Waals surface area contributed by atoms with Gasteiger partial charge in [-0.2, -0.15) is 16.6 Å². The number of aliphatic imine (C=N–C) groups is 1. The second-order valence-corrected chi connectivity index (χ2v) is 8.44. The SMILES string of the molecule is CCOO/C=N/CSCSCSCNC(=O)OCCSCCO. The fourth-order valence-corrected chi connectivity index (χ4v) is 4.34. The smallest absolute Gasteiger partial charge is 0.407 e. The molecule has 0 aliphatic carbocycles. The number of aliphatic hydroxyl groups is 1. The van der Waals surface area contributed by atoms with Gasteiger partial charge in [-0.3, -0.25) is 0 Å². The van der Waals surface area contributed by atoms with Crippen molar-refractivity contribution in [3.63, 3.8) is 0 Å². The fourth-order valence-electron chi connectivity index (χ4n) is 0.964. The summed E-state index contributed by atoms with van der Waals surface area (Å²) < 4.78 is 4.97. The first-order chi connectivity index (χ1) is 11.3. The first kappa shape index (κ1) is 23.1. The van der Waals surface area contributed by atoms with E-state index in [-0.39, 0.29) is 6.61 Å². The lowest BCUT2D eigenvalue weighted by Gasteiger charge is -2.06. The number of thioether (sulfide) groups is 4. The lowest BCUT2D eigenvalue weighted by Crippen LogP contribution is -2.24. The first-order valence-electron chi connectivity index (χ1n) is 6.90. The second kappa shape index (κ2) is 20.1. The summed E-state index contributed by atoms with van der Waals surface area (Å²) in [6.45, 7) is 2.84. The van der Waals surface area contributed by atoms with Crippen molar-refractivity contribution >= 4 is 59.5 Å². The van der Waals surface area contributed by atoms with E-state index in [1.165, 1.54) is 6.40 Å². The topological polar surface area (TPSA) is 89.4 Å². The number of carbonyl (C=O) groups excluding carboxylic acids is 1. The van der Waals surface area contributed by atoms with E-state index in [0.717, 1.165) is 10.2 Å². The van der Waals surface area contributed by atoms with Crippen molar-refractivity contribution in [2.45, 2.75) is 6.92 Å². The molecule has 0 aromatic carbocycles. The number of hydrogen-bond acceptors (Lipinski definition) is 10. The highest BCUT2D eigenvalue weighted by atomic mass is 32.2. The van der Waals surface area contributed by atoms with Crippen LogP contribution in [-0.4, -0.2) is 70.9 Å². The van der Waals surface area contributed by atoms with Crippen LogP contribution in [0, 0.1) is 0 Å². The maximum absolute atomic E-state index is 11.3. The molecule has 7 nitrogen and oxygen atoms in total. The van der Waals surface area contributed by atoms with Crippen LogP contribution in [0.2, 0.25) is 0 Å². The molecule has 0 aliphatic heterocycles. The number of alkyl carbamates (subject to hydrolysis) is 1. The van der Waals surface area contributed by atoms with Crippen molar-refractivity contribution in [2.24, 2.45) is 4.99 Å². The summed E-state index contributed by atoms with van der Waals surface area (Å²) in [7, 11) is 0. The van der Waals surface area contributed by atoms with Crippen LogP contribution in [0.5, 0.6) is 0 Å². The van der Waals surface area contributed by atoms with Gasteiger partial charge in [-0.15, -0.1) is 35.3 Å². The molecule has 0 aromatic heterocycles. The minimum Gasteiger partial charge on any atom is -0.449 e. The Morgan fingerprint density at radius 1 is 1.22 bits per heavy atom. The predicted octanol–water partition coefficient (Wildman–Crippen LogP) is 2.46. The lowest BCUT2D eigenvalue weighted by molar-refractivity contribution is -0.211. The van der Waals surface area contributed by atoms with E-state index < -0.39 is 6.09 Å². The van der Waals surface area contributed by atoms with E-state index in [1.54, 1.807) is 47.0 Å². The van der Waals surface area contributed by atoms with Crippen LogP contribution >= 0.6 is 47.0 Å². The number of rotatable bonds is 16. The zero-order valence-electron chi connectivity index (χ0n) is 13.1. The van der Waals surface area contributed by atoms with E-state index >= 15 is 0 Å². The molecule has 0 fully saturated rings. The quantitative estimate of drug-likeness (QED) is 0.101. The highest BCUT2D eigenvalue weighted by molar-refractivity contribution is 8.22. The van der Waals surface area contributed by atoms with E-state index in [2.05, 4.69) is 20.1 Å². The molecule has 1 amide bonds. The van der Waals surface area contributed by atoms with Crippen LogP contribution in [0.15, 0.2) is 4.99 Å². The van der Waals surface area contributed by atoms with Gasteiger partial charge in [0.2, 0.25) is 6.40 Å². The molecule has 0 radical (unpaired) electrons. The van der Waals surface area contributed by atoms with Crippen LogP contribution in [0.3, 0.4) is 0 Å². The Balaban J connectivity index is 3.17. The van der Waals surface area contributed by atoms with Gasteiger partial charge < -0.3 is 20.0 Å². The summed E-state index contributed by atoms with van der Waals surface area (Å²) in [6, 6.07) is 0. The molecular formula is C12H24N2O5S4. The monoisotopic (exact) mass is 404 g/mol. The van der Waals surface area contributed by atoms with Gasteiger partial charge in [0.1, 0.15) is 6.61 Å².